The predicted molar refractivity (Wildman–Crippen MR) is 113 cm³/mol. The van der Waals surface area contributed by atoms with E-state index in [1.165, 1.54) is 20.0 Å². The van der Waals surface area contributed by atoms with Crippen LogP contribution in [0.1, 0.15) is 25.1 Å². The van der Waals surface area contributed by atoms with Crippen LogP contribution in [0, 0.1) is 5.92 Å². The van der Waals surface area contributed by atoms with Gasteiger partial charge in [-0.1, -0.05) is 0 Å². The third-order valence-electron chi connectivity index (χ3n) is 5.51. The highest BCUT2D eigenvalue weighted by Gasteiger charge is 2.34. The van der Waals surface area contributed by atoms with E-state index in [4.69, 9.17) is 9.47 Å². The fraction of sp³-hybridized carbons (Fsp3) is 0.409. The van der Waals surface area contributed by atoms with Gasteiger partial charge >= 0.3 is 5.97 Å². The molecule has 10 heteroatoms. The molecular weight excluding hydrogens is 414 g/mol. The number of hydrogen-bond acceptors (Lipinski definition) is 8. The second-order valence-electron chi connectivity index (χ2n) is 7.94. The number of carbonyl (C=O) groups excluding carboxylic acids is 2. The summed E-state index contributed by atoms with van der Waals surface area (Å²) in [5, 5.41) is 4.30. The number of fused-ring (bicyclic) bond motifs is 1. The van der Waals surface area contributed by atoms with Gasteiger partial charge in [-0.2, -0.15) is 5.10 Å². The molecule has 10 nitrogen and oxygen atoms in total. The lowest BCUT2D eigenvalue weighted by Gasteiger charge is -2.17. The molecule has 5 rings (SSSR count). The summed E-state index contributed by atoms with van der Waals surface area (Å²) in [6.45, 7) is 1.22. The fourth-order valence-corrected chi connectivity index (χ4v) is 3.55. The van der Waals surface area contributed by atoms with E-state index in [1.807, 2.05) is 0 Å². The van der Waals surface area contributed by atoms with E-state index < -0.39 is 12.1 Å². The highest BCUT2D eigenvalue weighted by Crippen LogP contribution is 2.30. The van der Waals surface area contributed by atoms with Crippen molar-refractivity contribution in [2.45, 2.75) is 31.8 Å². The van der Waals surface area contributed by atoms with Crippen molar-refractivity contribution in [2.75, 3.05) is 25.2 Å². The van der Waals surface area contributed by atoms with Crippen LogP contribution < -0.4 is 14.4 Å². The van der Waals surface area contributed by atoms with Crippen LogP contribution >= 0.6 is 0 Å². The maximum atomic E-state index is 12.9. The molecule has 0 radical (unpaired) electrons. The molecule has 0 bridgehead atoms. The van der Waals surface area contributed by atoms with Gasteiger partial charge in [0.1, 0.15) is 12.2 Å². The van der Waals surface area contributed by atoms with Crippen LogP contribution in [0.5, 0.6) is 11.6 Å². The van der Waals surface area contributed by atoms with Crippen LogP contribution in [0.15, 0.2) is 36.7 Å². The summed E-state index contributed by atoms with van der Waals surface area (Å²) in [6.07, 6.45) is 5.71. The highest BCUT2D eigenvalue weighted by molar-refractivity contribution is 5.99. The average molecular weight is 437 g/mol. The number of esters is 1. The topological polar surface area (TPSA) is 108 Å². The smallest absolute Gasteiger partial charge is 0.313 e. The van der Waals surface area contributed by atoms with E-state index in [-0.39, 0.29) is 12.3 Å². The Morgan fingerprint density at radius 3 is 2.81 bits per heavy atom. The molecule has 1 saturated carbocycles. The summed E-state index contributed by atoms with van der Waals surface area (Å²) in [5.41, 5.74) is 1.27. The lowest BCUT2D eigenvalue weighted by molar-refractivity contribution is -0.139. The Balaban J connectivity index is 1.23. The van der Waals surface area contributed by atoms with E-state index in [9.17, 15) is 9.59 Å². The predicted octanol–water partition coefficient (Wildman–Crippen LogP) is 1.81. The molecule has 2 aliphatic rings. The SMILES string of the molecule is COC(=O)Cc1nc2ccc(N3CCC(Oc4ccc(OCC5CC5)nc4)C3=O)cn2n1. The molecule has 32 heavy (non-hydrogen) atoms. The molecule has 1 amide bonds. The number of hydrogen-bond donors (Lipinski definition) is 0. The lowest BCUT2D eigenvalue weighted by Crippen LogP contribution is -2.32. The molecule has 1 aliphatic carbocycles. The molecule has 0 aromatic carbocycles. The van der Waals surface area contributed by atoms with Crippen LogP contribution in [0.25, 0.3) is 5.65 Å². The van der Waals surface area contributed by atoms with Crippen LogP contribution in [-0.2, 0) is 20.7 Å². The summed E-state index contributed by atoms with van der Waals surface area (Å²) in [4.78, 5) is 34.6. The summed E-state index contributed by atoms with van der Waals surface area (Å²) in [5.74, 6) is 1.58. The fourth-order valence-electron chi connectivity index (χ4n) is 3.55. The monoisotopic (exact) mass is 437 g/mol. The molecule has 1 saturated heterocycles. The number of nitrogens with zero attached hydrogens (tertiary/aromatic N) is 5. The third kappa shape index (κ3) is 4.34. The zero-order valence-electron chi connectivity index (χ0n) is 17.6. The van der Waals surface area contributed by atoms with E-state index in [0.29, 0.717) is 54.3 Å². The van der Waals surface area contributed by atoms with Gasteiger partial charge in [-0.05, 0) is 37.0 Å². The number of anilines is 1. The number of pyridine rings is 2. The van der Waals surface area contributed by atoms with Crippen molar-refractivity contribution in [1.82, 2.24) is 19.6 Å². The minimum Gasteiger partial charge on any atom is -0.479 e. The second-order valence-corrected chi connectivity index (χ2v) is 7.94. The summed E-state index contributed by atoms with van der Waals surface area (Å²) in [7, 11) is 1.32. The number of amides is 1. The highest BCUT2D eigenvalue weighted by atomic mass is 16.5. The lowest BCUT2D eigenvalue weighted by atomic mass is 10.3. The molecule has 3 aromatic heterocycles. The van der Waals surface area contributed by atoms with Gasteiger partial charge in [0.15, 0.2) is 17.6 Å². The Morgan fingerprint density at radius 2 is 2.06 bits per heavy atom. The normalized spacial score (nSPS) is 18.2. The van der Waals surface area contributed by atoms with Gasteiger partial charge in [0.2, 0.25) is 5.88 Å². The van der Waals surface area contributed by atoms with Crippen molar-refractivity contribution in [3.63, 3.8) is 0 Å². The van der Waals surface area contributed by atoms with E-state index >= 15 is 0 Å². The first-order valence-corrected chi connectivity index (χ1v) is 10.6. The van der Waals surface area contributed by atoms with Gasteiger partial charge in [0.05, 0.1) is 31.8 Å². The van der Waals surface area contributed by atoms with Crippen molar-refractivity contribution < 1.29 is 23.8 Å². The van der Waals surface area contributed by atoms with Gasteiger partial charge in [-0.25, -0.2) is 14.5 Å². The molecule has 0 spiro atoms. The quantitative estimate of drug-likeness (QED) is 0.491. The minimum absolute atomic E-state index is 0.00941. The van der Waals surface area contributed by atoms with Crippen LogP contribution in [0.2, 0.25) is 0 Å². The maximum absolute atomic E-state index is 12.9. The molecule has 1 atom stereocenters. The van der Waals surface area contributed by atoms with Crippen molar-refractivity contribution in [1.29, 1.82) is 0 Å². The standard InChI is InChI=1S/C22H23N5O5/c1-30-21(28)10-18-24-19-6-4-15(12-27(19)25-18)26-9-8-17(22(26)29)32-16-5-7-20(23-11-16)31-13-14-2-3-14/h4-7,11-12,14,17H,2-3,8-10,13H2,1H3. The molecule has 2 fully saturated rings. The number of ether oxygens (including phenoxy) is 3. The average Bonchev–Trinajstić information content (AvgIpc) is 3.45. The van der Waals surface area contributed by atoms with Crippen LogP contribution in [0.4, 0.5) is 5.69 Å². The Labute approximate surface area is 184 Å². The molecule has 0 N–H and O–H groups in total. The second kappa shape index (κ2) is 8.45. The zero-order valence-corrected chi connectivity index (χ0v) is 17.6. The summed E-state index contributed by atoms with van der Waals surface area (Å²) in [6, 6.07) is 7.10. The summed E-state index contributed by atoms with van der Waals surface area (Å²) >= 11 is 0. The first-order valence-electron chi connectivity index (χ1n) is 10.6. The molecule has 3 aromatic rings. The van der Waals surface area contributed by atoms with E-state index in [1.54, 1.807) is 46.1 Å². The first-order chi connectivity index (χ1) is 15.6. The van der Waals surface area contributed by atoms with Gasteiger partial charge in [-0.3, -0.25) is 9.59 Å². The molecule has 1 aliphatic heterocycles. The van der Waals surface area contributed by atoms with Gasteiger partial charge in [-0.15, -0.1) is 0 Å². The Morgan fingerprint density at radius 1 is 1.19 bits per heavy atom. The minimum atomic E-state index is -0.587. The molecule has 166 valence electrons. The summed E-state index contributed by atoms with van der Waals surface area (Å²) < 4.78 is 17.7. The molecule has 1 unspecified atom stereocenters. The van der Waals surface area contributed by atoms with Crippen LogP contribution in [-0.4, -0.2) is 57.8 Å². The largest absolute Gasteiger partial charge is 0.479 e. The van der Waals surface area contributed by atoms with Crippen molar-refractivity contribution in [2.24, 2.45) is 5.92 Å². The number of methoxy groups -OCH3 is 1. The Kier molecular flexibility index (Phi) is 5.34. The number of aromatic nitrogens is 4. The first kappa shape index (κ1) is 20.2. The number of carbonyl (C=O) groups is 2. The molecular formula is C22H23N5O5. The van der Waals surface area contributed by atoms with Gasteiger partial charge in [0, 0.05) is 19.0 Å². The third-order valence-corrected chi connectivity index (χ3v) is 5.51. The Hall–Kier alpha value is -3.69. The zero-order chi connectivity index (χ0) is 22.1. The Bertz CT molecular complexity index is 1140. The van der Waals surface area contributed by atoms with Crippen LogP contribution in [0.3, 0.4) is 0 Å². The van der Waals surface area contributed by atoms with Crippen molar-refractivity contribution in [3.05, 3.63) is 42.5 Å². The van der Waals surface area contributed by atoms with Crippen molar-refractivity contribution >= 4 is 23.2 Å². The van der Waals surface area contributed by atoms with Crippen molar-refractivity contribution in [3.8, 4) is 11.6 Å². The van der Waals surface area contributed by atoms with Gasteiger partial charge < -0.3 is 19.1 Å². The maximum Gasteiger partial charge on any atom is 0.313 e. The van der Waals surface area contributed by atoms with E-state index in [2.05, 4.69) is 19.8 Å². The molecule has 4 heterocycles. The number of rotatable bonds is 8. The van der Waals surface area contributed by atoms with Gasteiger partial charge in [0.25, 0.3) is 5.91 Å². The van der Waals surface area contributed by atoms with E-state index in [0.717, 1.165) is 0 Å².